The van der Waals surface area contributed by atoms with Crippen LogP contribution in [0.5, 0.6) is 0 Å². The van der Waals surface area contributed by atoms with Crippen LogP contribution in [0.3, 0.4) is 0 Å². The molecule has 7 nitrogen and oxygen atoms in total. The summed E-state index contributed by atoms with van der Waals surface area (Å²) in [5.74, 6) is -1.01. The predicted molar refractivity (Wildman–Crippen MR) is 119 cm³/mol. The van der Waals surface area contributed by atoms with Gasteiger partial charge in [-0.2, -0.15) is 0 Å². The van der Waals surface area contributed by atoms with Gasteiger partial charge in [0.05, 0.1) is 0 Å². The van der Waals surface area contributed by atoms with Gasteiger partial charge >= 0.3 is 6.09 Å². The van der Waals surface area contributed by atoms with E-state index in [0.29, 0.717) is 11.4 Å². The van der Waals surface area contributed by atoms with Crippen LogP contribution in [-0.4, -0.2) is 30.0 Å². The van der Waals surface area contributed by atoms with Gasteiger partial charge < -0.3 is 21.1 Å². The first-order valence-electron chi connectivity index (χ1n) is 10.1. The van der Waals surface area contributed by atoms with E-state index < -0.39 is 30.0 Å². The van der Waals surface area contributed by atoms with Gasteiger partial charge in [-0.25, -0.2) is 4.79 Å². The SMILES string of the molecule is CC(C)C[C@H](NC(=O)C(Cc1cccc(Cl)c1)NC(=O)OCc1ccccc1)C(N)=O. The molecule has 0 aliphatic heterocycles. The fraction of sp³-hybridized carbons (Fsp3) is 0.348. The molecule has 8 heteroatoms. The van der Waals surface area contributed by atoms with Crippen molar-refractivity contribution in [2.75, 3.05) is 0 Å². The van der Waals surface area contributed by atoms with Gasteiger partial charge in [-0.05, 0) is 35.6 Å². The number of halogens is 1. The van der Waals surface area contributed by atoms with Crippen molar-refractivity contribution in [2.45, 2.75) is 45.4 Å². The summed E-state index contributed by atoms with van der Waals surface area (Å²) in [6.45, 7) is 3.91. The number of nitrogens with one attached hydrogen (secondary N) is 2. The molecule has 0 spiro atoms. The Morgan fingerprint density at radius 1 is 0.968 bits per heavy atom. The number of amides is 3. The maximum Gasteiger partial charge on any atom is 0.408 e. The molecular formula is C23H28ClN3O4. The van der Waals surface area contributed by atoms with Gasteiger partial charge in [0.1, 0.15) is 18.7 Å². The van der Waals surface area contributed by atoms with Crippen molar-refractivity contribution in [3.63, 3.8) is 0 Å². The lowest BCUT2D eigenvalue weighted by molar-refractivity contribution is -0.128. The number of hydrogen-bond acceptors (Lipinski definition) is 4. The molecule has 2 atom stereocenters. The fourth-order valence-corrected chi connectivity index (χ4v) is 3.22. The van der Waals surface area contributed by atoms with Crippen LogP contribution >= 0.6 is 11.6 Å². The number of carbonyl (C=O) groups is 3. The van der Waals surface area contributed by atoms with Crippen molar-refractivity contribution in [3.05, 3.63) is 70.7 Å². The summed E-state index contributed by atoms with van der Waals surface area (Å²) < 4.78 is 5.24. The number of primary amides is 1. The number of carbonyl (C=O) groups excluding carboxylic acids is 3. The minimum atomic E-state index is -0.976. The quantitative estimate of drug-likeness (QED) is 0.521. The molecule has 0 fully saturated rings. The van der Waals surface area contributed by atoms with Crippen molar-refractivity contribution in [1.82, 2.24) is 10.6 Å². The maximum atomic E-state index is 12.9. The maximum absolute atomic E-state index is 12.9. The first-order valence-corrected chi connectivity index (χ1v) is 10.4. The van der Waals surface area contributed by atoms with Gasteiger partial charge in [-0.1, -0.05) is 67.9 Å². The van der Waals surface area contributed by atoms with Crippen LogP contribution in [0.1, 0.15) is 31.4 Å². The molecule has 0 bridgehead atoms. The molecule has 2 aromatic carbocycles. The van der Waals surface area contributed by atoms with Crippen LogP contribution in [0.15, 0.2) is 54.6 Å². The first-order chi connectivity index (χ1) is 14.7. The predicted octanol–water partition coefficient (Wildman–Crippen LogP) is 3.19. The van der Waals surface area contributed by atoms with Gasteiger partial charge in [0.25, 0.3) is 0 Å². The van der Waals surface area contributed by atoms with Gasteiger partial charge in [0.2, 0.25) is 11.8 Å². The Bertz CT molecular complexity index is 889. The molecule has 1 unspecified atom stereocenters. The van der Waals surface area contributed by atoms with E-state index in [1.54, 1.807) is 24.3 Å². The summed E-state index contributed by atoms with van der Waals surface area (Å²) in [5, 5.41) is 5.74. The third kappa shape index (κ3) is 8.68. The molecule has 0 saturated carbocycles. The van der Waals surface area contributed by atoms with Gasteiger partial charge in [0, 0.05) is 11.4 Å². The highest BCUT2D eigenvalue weighted by Crippen LogP contribution is 2.13. The Kier molecular flexibility index (Phi) is 9.34. The van der Waals surface area contributed by atoms with E-state index in [2.05, 4.69) is 10.6 Å². The molecule has 2 rings (SSSR count). The third-order valence-electron chi connectivity index (χ3n) is 4.52. The zero-order chi connectivity index (χ0) is 22.8. The first kappa shape index (κ1) is 24.2. The van der Waals surface area contributed by atoms with E-state index in [4.69, 9.17) is 22.1 Å². The topological polar surface area (TPSA) is 111 Å². The normalized spacial score (nSPS) is 12.6. The lowest BCUT2D eigenvalue weighted by atomic mass is 10.0. The number of ether oxygens (including phenoxy) is 1. The molecular weight excluding hydrogens is 418 g/mol. The molecule has 3 amide bonds. The monoisotopic (exact) mass is 445 g/mol. The van der Waals surface area contributed by atoms with Crippen molar-refractivity contribution in [1.29, 1.82) is 0 Å². The highest BCUT2D eigenvalue weighted by Gasteiger charge is 2.27. The summed E-state index contributed by atoms with van der Waals surface area (Å²) in [7, 11) is 0. The van der Waals surface area contributed by atoms with E-state index in [1.165, 1.54) is 0 Å². The van der Waals surface area contributed by atoms with E-state index >= 15 is 0 Å². The molecule has 4 N–H and O–H groups in total. The Morgan fingerprint density at radius 2 is 1.65 bits per heavy atom. The Labute approximate surface area is 187 Å². The van der Waals surface area contributed by atoms with Gasteiger partial charge in [-0.3, -0.25) is 9.59 Å². The standard InChI is InChI=1S/C23H28ClN3O4/c1-15(2)11-19(21(25)28)26-22(29)20(13-17-9-6-10-18(24)12-17)27-23(30)31-14-16-7-4-3-5-8-16/h3-10,12,15,19-20H,11,13-14H2,1-2H3,(H2,25,28)(H,26,29)(H,27,30)/t19-,20?/m0/s1. The number of hydrogen-bond donors (Lipinski definition) is 3. The molecule has 0 aliphatic carbocycles. The molecule has 0 aromatic heterocycles. The van der Waals surface area contributed by atoms with Crippen molar-refractivity contribution in [3.8, 4) is 0 Å². The largest absolute Gasteiger partial charge is 0.445 e. The Morgan fingerprint density at radius 3 is 2.26 bits per heavy atom. The second-order valence-electron chi connectivity index (χ2n) is 7.69. The molecule has 166 valence electrons. The minimum absolute atomic E-state index is 0.0649. The molecule has 2 aromatic rings. The van der Waals surface area contributed by atoms with Gasteiger partial charge in [-0.15, -0.1) is 0 Å². The summed E-state index contributed by atoms with van der Waals surface area (Å²) in [6, 6.07) is 14.4. The smallest absolute Gasteiger partial charge is 0.408 e. The van der Waals surface area contributed by atoms with Crippen LogP contribution in [0, 0.1) is 5.92 Å². The van der Waals surface area contributed by atoms with E-state index in [0.717, 1.165) is 11.1 Å². The average Bonchev–Trinajstić information content (AvgIpc) is 2.71. The summed E-state index contributed by atoms with van der Waals surface area (Å²) in [6.07, 6.45) is -0.186. The molecule has 31 heavy (non-hydrogen) atoms. The summed E-state index contributed by atoms with van der Waals surface area (Å²) in [4.78, 5) is 37.0. The van der Waals surface area contributed by atoms with Crippen LogP contribution < -0.4 is 16.4 Å². The van der Waals surface area contributed by atoms with Crippen LogP contribution in [0.2, 0.25) is 5.02 Å². The third-order valence-corrected chi connectivity index (χ3v) is 4.75. The zero-order valence-electron chi connectivity index (χ0n) is 17.6. The summed E-state index contributed by atoms with van der Waals surface area (Å²) in [5.41, 5.74) is 7.00. The van der Waals surface area contributed by atoms with E-state index in [9.17, 15) is 14.4 Å². The fourth-order valence-electron chi connectivity index (χ4n) is 3.01. The second kappa shape index (κ2) is 12.0. The highest BCUT2D eigenvalue weighted by atomic mass is 35.5. The lowest BCUT2D eigenvalue weighted by Crippen LogP contribution is -2.54. The summed E-state index contributed by atoms with van der Waals surface area (Å²) >= 11 is 6.04. The van der Waals surface area contributed by atoms with E-state index in [1.807, 2.05) is 44.2 Å². The van der Waals surface area contributed by atoms with Crippen LogP contribution in [0.4, 0.5) is 4.79 Å². The average molecular weight is 446 g/mol. The molecule has 0 saturated heterocycles. The molecule has 0 radical (unpaired) electrons. The number of alkyl carbamates (subject to hydrolysis) is 1. The van der Waals surface area contributed by atoms with Crippen LogP contribution in [0.25, 0.3) is 0 Å². The van der Waals surface area contributed by atoms with Crippen molar-refractivity contribution in [2.24, 2.45) is 11.7 Å². The molecule has 0 aliphatic rings. The lowest BCUT2D eigenvalue weighted by Gasteiger charge is -2.23. The van der Waals surface area contributed by atoms with Crippen molar-refractivity contribution >= 4 is 29.5 Å². The van der Waals surface area contributed by atoms with Crippen molar-refractivity contribution < 1.29 is 19.1 Å². The van der Waals surface area contributed by atoms with Crippen LogP contribution in [-0.2, 0) is 27.4 Å². The Balaban J connectivity index is 2.10. The van der Waals surface area contributed by atoms with Gasteiger partial charge in [0.15, 0.2) is 0 Å². The Hall–Kier alpha value is -3.06. The number of benzene rings is 2. The minimum Gasteiger partial charge on any atom is -0.445 e. The number of nitrogens with two attached hydrogens (primary N) is 1. The number of rotatable bonds is 10. The van der Waals surface area contributed by atoms with E-state index in [-0.39, 0.29) is 18.9 Å². The zero-order valence-corrected chi connectivity index (χ0v) is 18.4. The highest BCUT2D eigenvalue weighted by molar-refractivity contribution is 6.30. The second-order valence-corrected chi connectivity index (χ2v) is 8.12. The molecule has 0 heterocycles.